The molecule has 0 N–H and O–H groups in total. The van der Waals surface area contributed by atoms with E-state index in [4.69, 9.17) is 0 Å². The van der Waals surface area contributed by atoms with Crippen molar-refractivity contribution < 1.29 is 13.1 Å². The van der Waals surface area contributed by atoms with Crippen molar-refractivity contribution in [3.8, 4) is 0 Å². The maximum absolute atomic E-state index is 15.5. The van der Waals surface area contributed by atoms with Crippen molar-refractivity contribution in [2.24, 2.45) is 0 Å². The van der Waals surface area contributed by atoms with Gasteiger partial charge in [-0.1, -0.05) is 6.07 Å². The number of halogens is 4. The minimum absolute atomic E-state index is 0.576. The van der Waals surface area contributed by atoms with Crippen LogP contribution in [0.2, 0.25) is 0 Å². The summed E-state index contributed by atoms with van der Waals surface area (Å²) >= 11 is 7.03. The highest BCUT2D eigenvalue weighted by Gasteiger charge is 2.55. The van der Waals surface area contributed by atoms with Gasteiger partial charge in [0, 0.05) is 33.2 Å². The second-order valence-electron chi connectivity index (χ2n) is 6.97. The SMILES string of the molecule is CC1=CC(C)=[N+]2C1=C(c1ccc(Br)c(Br)c1)c1c(C)cc(C)n1[B-]2(F)F. The van der Waals surface area contributed by atoms with Crippen molar-refractivity contribution >= 4 is 50.1 Å². The lowest BCUT2D eigenvalue weighted by Crippen LogP contribution is -2.51. The third-order valence-electron chi connectivity index (χ3n) is 5.14. The average Bonchev–Trinajstić information content (AvgIpc) is 3.01. The normalized spacial score (nSPS) is 18.2. The molecule has 1 aromatic heterocycles. The lowest BCUT2D eigenvalue weighted by Gasteiger charge is -2.34. The van der Waals surface area contributed by atoms with Crippen LogP contribution in [0, 0.1) is 13.8 Å². The van der Waals surface area contributed by atoms with E-state index in [1.54, 1.807) is 13.8 Å². The molecule has 0 atom stereocenters. The van der Waals surface area contributed by atoms with E-state index in [0.29, 0.717) is 22.8 Å². The fourth-order valence-electron chi connectivity index (χ4n) is 4.22. The Balaban J connectivity index is 2.17. The number of aromatic nitrogens is 1. The molecule has 2 aromatic rings. The predicted octanol–water partition coefficient (Wildman–Crippen LogP) is 6.06. The van der Waals surface area contributed by atoms with Crippen LogP contribution in [0.15, 0.2) is 50.6 Å². The van der Waals surface area contributed by atoms with Crippen molar-refractivity contribution in [2.45, 2.75) is 27.7 Å². The van der Waals surface area contributed by atoms with E-state index in [9.17, 15) is 0 Å². The molecule has 0 amide bonds. The van der Waals surface area contributed by atoms with E-state index in [2.05, 4.69) is 31.9 Å². The highest BCUT2D eigenvalue weighted by Crippen LogP contribution is 2.44. The monoisotopic (exact) mass is 480 g/mol. The molecule has 4 rings (SSSR count). The molecule has 0 radical (unpaired) electrons. The van der Waals surface area contributed by atoms with Crippen LogP contribution in [0.25, 0.3) is 5.57 Å². The van der Waals surface area contributed by atoms with Crippen LogP contribution < -0.4 is 0 Å². The molecule has 0 aliphatic carbocycles. The fraction of sp³-hybridized carbons (Fsp3) is 0.211. The second kappa shape index (κ2) is 5.76. The topological polar surface area (TPSA) is 7.94 Å². The first-order valence-electron chi connectivity index (χ1n) is 8.37. The molecule has 2 aliphatic rings. The molecule has 0 fully saturated rings. The zero-order chi connectivity index (χ0) is 19.0. The number of allylic oxidation sites excluding steroid dienone is 2. The van der Waals surface area contributed by atoms with E-state index in [-0.39, 0.29) is 0 Å². The summed E-state index contributed by atoms with van der Waals surface area (Å²) in [4.78, 5) is 0. The summed E-state index contributed by atoms with van der Waals surface area (Å²) < 4.78 is 35.3. The largest absolute Gasteiger partial charge is 0.737 e. The summed E-state index contributed by atoms with van der Waals surface area (Å²) in [6.45, 7) is 3.37. The maximum Gasteiger partial charge on any atom is 0.737 e. The number of benzene rings is 1. The molecular weight excluding hydrogens is 465 g/mol. The Morgan fingerprint density at radius 1 is 1.00 bits per heavy atom. The van der Waals surface area contributed by atoms with Gasteiger partial charge in [-0.05, 0) is 87.7 Å². The lowest BCUT2D eigenvalue weighted by atomic mass is 9.84. The number of hydrogen-bond acceptors (Lipinski definition) is 0. The van der Waals surface area contributed by atoms with Gasteiger partial charge in [-0.3, -0.25) is 0 Å². The molecular formula is C19H17BBr2F2N2. The molecule has 26 heavy (non-hydrogen) atoms. The molecule has 1 aromatic carbocycles. The minimum Gasteiger partial charge on any atom is -0.393 e. The van der Waals surface area contributed by atoms with Gasteiger partial charge in [-0.2, -0.15) is 0 Å². The Hall–Kier alpha value is -1.47. The zero-order valence-corrected chi connectivity index (χ0v) is 18.0. The predicted molar refractivity (Wildman–Crippen MR) is 110 cm³/mol. The molecule has 0 unspecified atom stereocenters. The Morgan fingerprint density at radius 2 is 1.69 bits per heavy atom. The summed E-state index contributed by atoms with van der Waals surface area (Å²) in [5, 5.41) is 0. The first-order chi connectivity index (χ1) is 12.1. The van der Waals surface area contributed by atoms with Gasteiger partial charge < -0.3 is 17.6 Å². The fourth-order valence-corrected chi connectivity index (χ4v) is 4.85. The molecule has 2 aliphatic heterocycles. The maximum atomic E-state index is 15.5. The molecule has 134 valence electrons. The van der Waals surface area contributed by atoms with Crippen molar-refractivity contribution in [1.82, 2.24) is 4.48 Å². The third kappa shape index (κ3) is 2.29. The lowest BCUT2D eigenvalue weighted by molar-refractivity contribution is -0.363. The van der Waals surface area contributed by atoms with Crippen LogP contribution >= 0.6 is 31.9 Å². The summed E-state index contributed by atoms with van der Waals surface area (Å²) in [6.07, 6.45) is 1.84. The number of fused-ring (bicyclic) bond motifs is 2. The first-order valence-corrected chi connectivity index (χ1v) is 9.95. The molecule has 7 heteroatoms. The van der Waals surface area contributed by atoms with Crippen LogP contribution in [0.5, 0.6) is 0 Å². The van der Waals surface area contributed by atoms with E-state index >= 15 is 8.63 Å². The molecule has 3 heterocycles. The highest BCUT2D eigenvalue weighted by atomic mass is 79.9. The molecule has 0 saturated heterocycles. The van der Waals surface area contributed by atoms with Gasteiger partial charge in [0.15, 0.2) is 5.70 Å². The van der Waals surface area contributed by atoms with Crippen LogP contribution in [0.4, 0.5) is 8.63 Å². The number of nitrogens with zero attached hydrogens (tertiary/aromatic N) is 2. The van der Waals surface area contributed by atoms with E-state index in [1.807, 2.05) is 44.2 Å². The number of rotatable bonds is 1. The van der Waals surface area contributed by atoms with Gasteiger partial charge in [0.1, 0.15) is 5.71 Å². The van der Waals surface area contributed by atoms with Gasteiger partial charge in [0.2, 0.25) is 0 Å². The summed E-state index contributed by atoms with van der Waals surface area (Å²) in [7, 11) is 0. The molecule has 0 spiro atoms. The van der Waals surface area contributed by atoms with Crippen LogP contribution in [-0.2, 0) is 0 Å². The minimum atomic E-state index is -3.93. The Labute approximate surface area is 168 Å². The van der Waals surface area contributed by atoms with Crippen molar-refractivity contribution in [1.29, 1.82) is 0 Å². The molecule has 2 nitrogen and oxygen atoms in total. The number of hydrogen-bond donors (Lipinski definition) is 0. The standard InChI is InChI=1S/C19H17BBr2F2N2/c1-10-7-12(3)25-18(10)17(14-5-6-15(21)16(22)9-14)19-11(2)8-13(4)26(19)20(25,23)24/h5-9H,1-4H3. The van der Waals surface area contributed by atoms with Gasteiger partial charge in [0.05, 0.1) is 5.57 Å². The van der Waals surface area contributed by atoms with Crippen LogP contribution in [-0.4, -0.2) is 21.6 Å². The van der Waals surface area contributed by atoms with E-state index in [0.717, 1.165) is 31.2 Å². The van der Waals surface area contributed by atoms with E-state index < -0.39 is 6.97 Å². The second-order valence-corrected chi connectivity index (χ2v) is 8.68. The zero-order valence-electron chi connectivity index (χ0n) is 14.9. The summed E-state index contributed by atoms with van der Waals surface area (Å²) in [6, 6.07) is 7.73. The Morgan fingerprint density at radius 3 is 2.35 bits per heavy atom. The van der Waals surface area contributed by atoms with Crippen molar-refractivity contribution in [2.75, 3.05) is 0 Å². The average molecular weight is 482 g/mol. The van der Waals surface area contributed by atoms with Crippen molar-refractivity contribution in [3.05, 3.63) is 73.1 Å². The quantitative estimate of drug-likeness (QED) is 0.437. The summed E-state index contributed by atoms with van der Waals surface area (Å²) in [5.41, 5.74) is 5.86. The Bertz CT molecular complexity index is 1080. The summed E-state index contributed by atoms with van der Waals surface area (Å²) in [5.74, 6) is 0. The number of aryl methyl sites for hydroxylation is 2. The van der Waals surface area contributed by atoms with Crippen LogP contribution in [0.1, 0.15) is 36.4 Å². The highest BCUT2D eigenvalue weighted by molar-refractivity contribution is 9.13. The molecule has 0 saturated carbocycles. The third-order valence-corrected chi connectivity index (χ3v) is 7.02. The van der Waals surface area contributed by atoms with E-state index in [1.165, 1.54) is 8.96 Å². The van der Waals surface area contributed by atoms with Gasteiger partial charge in [-0.25, -0.2) is 0 Å². The van der Waals surface area contributed by atoms with Gasteiger partial charge >= 0.3 is 6.97 Å². The Kier molecular flexibility index (Phi) is 3.97. The van der Waals surface area contributed by atoms with Gasteiger partial charge in [-0.15, -0.1) is 0 Å². The van der Waals surface area contributed by atoms with Crippen molar-refractivity contribution in [3.63, 3.8) is 0 Å². The smallest absolute Gasteiger partial charge is 0.393 e. The first kappa shape index (κ1) is 17.9. The van der Waals surface area contributed by atoms with Gasteiger partial charge in [0.25, 0.3) is 0 Å². The van der Waals surface area contributed by atoms with Crippen LogP contribution in [0.3, 0.4) is 0 Å². The molecule has 0 bridgehead atoms.